The third-order valence-corrected chi connectivity index (χ3v) is 4.22. The Bertz CT molecular complexity index is 624. The molecule has 0 unspecified atom stereocenters. The number of nitrogen functional groups attached to an aromatic ring is 1. The van der Waals surface area contributed by atoms with Gasteiger partial charge in [0.1, 0.15) is 0 Å². The summed E-state index contributed by atoms with van der Waals surface area (Å²) in [5.41, 5.74) is 9.69. The maximum Gasteiger partial charge on any atom is 0.0868 e. The van der Waals surface area contributed by atoms with Gasteiger partial charge in [0, 0.05) is 18.6 Å². The molecule has 1 heterocycles. The van der Waals surface area contributed by atoms with E-state index in [-0.39, 0.29) is 0 Å². The molecule has 4 nitrogen and oxygen atoms in total. The number of nitrogens with zero attached hydrogens (tertiary/aromatic N) is 3. The molecular weight excluding hydrogens is 340 g/mol. The molecular formula is C14H18BrClN4. The van der Waals surface area contributed by atoms with Gasteiger partial charge in [-0.05, 0) is 24.6 Å². The summed E-state index contributed by atoms with van der Waals surface area (Å²) in [6, 6.07) is 5.86. The molecule has 0 fully saturated rings. The molecule has 0 bridgehead atoms. The lowest BCUT2D eigenvalue weighted by Crippen LogP contribution is -2.20. The van der Waals surface area contributed by atoms with E-state index in [1.54, 1.807) is 0 Å². The highest BCUT2D eigenvalue weighted by Crippen LogP contribution is 2.29. The second-order valence-electron chi connectivity index (χ2n) is 4.74. The summed E-state index contributed by atoms with van der Waals surface area (Å²) in [7, 11) is 3.91. The van der Waals surface area contributed by atoms with Crippen LogP contribution in [0.3, 0.4) is 0 Å². The molecule has 108 valence electrons. The lowest BCUT2D eigenvalue weighted by Gasteiger charge is -2.21. The van der Waals surface area contributed by atoms with Crippen LogP contribution in [0.1, 0.15) is 18.3 Å². The van der Waals surface area contributed by atoms with Crippen molar-refractivity contribution in [3.05, 3.63) is 39.1 Å². The molecule has 0 atom stereocenters. The molecule has 20 heavy (non-hydrogen) atoms. The van der Waals surface area contributed by atoms with Gasteiger partial charge < -0.3 is 10.6 Å². The number of aryl methyl sites for hydroxylation is 2. The first-order valence-corrected chi connectivity index (χ1v) is 7.57. The van der Waals surface area contributed by atoms with Crippen molar-refractivity contribution in [3.63, 3.8) is 0 Å². The third kappa shape index (κ3) is 2.94. The van der Waals surface area contributed by atoms with Gasteiger partial charge >= 0.3 is 0 Å². The molecule has 0 saturated carbocycles. The lowest BCUT2D eigenvalue weighted by atomic mass is 10.2. The van der Waals surface area contributed by atoms with Crippen molar-refractivity contribution < 1.29 is 0 Å². The topological polar surface area (TPSA) is 47.1 Å². The van der Waals surface area contributed by atoms with Crippen molar-refractivity contribution in [3.8, 4) is 0 Å². The first-order valence-electron chi connectivity index (χ1n) is 6.40. The van der Waals surface area contributed by atoms with Crippen LogP contribution in [-0.4, -0.2) is 16.8 Å². The van der Waals surface area contributed by atoms with E-state index in [1.807, 2.05) is 37.0 Å². The van der Waals surface area contributed by atoms with E-state index in [4.69, 9.17) is 17.3 Å². The van der Waals surface area contributed by atoms with Crippen molar-refractivity contribution in [1.29, 1.82) is 0 Å². The summed E-state index contributed by atoms with van der Waals surface area (Å²) in [5.74, 6) is 0. The molecule has 0 amide bonds. The van der Waals surface area contributed by atoms with Gasteiger partial charge in [-0.3, -0.25) is 4.68 Å². The summed E-state index contributed by atoms with van der Waals surface area (Å²) < 4.78 is 2.81. The van der Waals surface area contributed by atoms with Gasteiger partial charge in [0.15, 0.2) is 0 Å². The zero-order valence-electron chi connectivity index (χ0n) is 11.8. The Balaban J connectivity index is 2.27. The molecule has 1 aromatic carbocycles. The highest BCUT2D eigenvalue weighted by molar-refractivity contribution is 9.10. The molecule has 0 aliphatic heterocycles. The molecule has 2 N–H and O–H groups in total. The van der Waals surface area contributed by atoms with E-state index in [2.05, 4.69) is 32.9 Å². The maximum absolute atomic E-state index is 6.38. The van der Waals surface area contributed by atoms with Crippen molar-refractivity contribution in [1.82, 2.24) is 9.78 Å². The van der Waals surface area contributed by atoms with Crippen molar-refractivity contribution >= 4 is 38.9 Å². The maximum atomic E-state index is 6.38. The fourth-order valence-corrected chi connectivity index (χ4v) is 2.91. The molecule has 6 heteroatoms. The molecule has 0 radical (unpaired) electrons. The Kier molecular flexibility index (Phi) is 4.60. The van der Waals surface area contributed by atoms with E-state index < -0.39 is 0 Å². The van der Waals surface area contributed by atoms with E-state index in [9.17, 15) is 0 Å². The smallest absolute Gasteiger partial charge is 0.0868 e. The van der Waals surface area contributed by atoms with Crippen LogP contribution in [0, 0.1) is 0 Å². The van der Waals surface area contributed by atoms with Crippen LogP contribution < -0.4 is 10.6 Å². The zero-order valence-corrected chi connectivity index (χ0v) is 14.2. The van der Waals surface area contributed by atoms with Crippen molar-refractivity contribution in [2.75, 3.05) is 17.7 Å². The summed E-state index contributed by atoms with van der Waals surface area (Å²) >= 11 is 9.79. The summed E-state index contributed by atoms with van der Waals surface area (Å²) in [4.78, 5) is 2.07. The predicted octanol–water partition coefficient (Wildman–Crippen LogP) is 3.62. The molecule has 2 aromatic rings. The minimum absolute atomic E-state index is 0.661. The number of hydrogen-bond acceptors (Lipinski definition) is 3. The van der Waals surface area contributed by atoms with Crippen LogP contribution in [0.5, 0.6) is 0 Å². The predicted molar refractivity (Wildman–Crippen MR) is 88.3 cm³/mol. The number of anilines is 2. The van der Waals surface area contributed by atoms with Gasteiger partial charge in [0.25, 0.3) is 0 Å². The van der Waals surface area contributed by atoms with Crippen LogP contribution in [0.15, 0.2) is 22.7 Å². The lowest BCUT2D eigenvalue weighted by molar-refractivity contribution is 0.689. The van der Waals surface area contributed by atoms with Gasteiger partial charge in [-0.25, -0.2) is 0 Å². The number of halogens is 2. The van der Waals surface area contributed by atoms with Crippen LogP contribution in [0.25, 0.3) is 0 Å². The highest BCUT2D eigenvalue weighted by Gasteiger charge is 2.15. The number of benzene rings is 1. The Morgan fingerprint density at radius 3 is 2.70 bits per heavy atom. The minimum atomic E-state index is 0.661. The quantitative estimate of drug-likeness (QED) is 0.850. The van der Waals surface area contributed by atoms with Gasteiger partial charge in [-0.1, -0.05) is 34.5 Å². The second-order valence-corrected chi connectivity index (χ2v) is 6.04. The van der Waals surface area contributed by atoms with Crippen molar-refractivity contribution in [2.24, 2.45) is 7.05 Å². The zero-order chi connectivity index (χ0) is 14.9. The largest absolute Gasteiger partial charge is 0.397 e. The SMILES string of the molecule is CCc1nn(C)c(CN(C)c2ccc(Br)cc2N)c1Cl. The van der Waals surface area contributed by atoms with Gasteiger partial charge in [0.05, 0.1) is 34.3 Å². The Morgan fingerprint density at radius 2 is 2.15 bits per heavy atom. The molecule has 0 spiro atoms. The minimum Gasteiger partial charge on any atom is -0.397 e. The highest BCUT2D eigenvalue weighted by atomic mass is 79.9. The molecule has 0 aliphatic rings. The van der Waals surface area contributed by atoms with E-state index in [0.717, 1.165) is 38.7 Å². The standard InChI is InChI=1S/C14H18BrClN4/c1-4-11-14(16)13(20(3)18-11)8-19(2)12-6-5-9(15)7-10(12)17/h5-7H,4,8,17H2,1-3H3. The van der Waals surface area contributed by atoms with Crippen LogP contribution in [0.4, 0.5) is 11.4 Å². The fraction of sp³-hybridized carbons (Fsp3) is 0.357. The van der Waals surface area contributed by atoms with Crippen molar-refractivity contribution in [2.45, 2.75) is 19.9 Å². The number of aromatic nitrogens is 2. The molecule has 0 saturated heterocycles. The monoisotopic (exact) mass is 356 g/mol. The number of rotatable bonds is 4. The fourth-order valence-electron chi connectivity index (χ4n) is 2.17. The third-order valence-electron chi connectivity index (χ3n) is 3.29. The summed E-state index contributed by atoms with van der Waals surface area (Å²) in [6.07, 6.45) is 0.830. The first-order chi connectivity index (χ1) is 9.43. The van der Waals surface area contributed by atoms with E-state index in [0.29, 0.717) is 6.54 Å². The van der Waals surface area contributed by atoms with Gasteiger partial charge in [-0.2, -0.15) is 5.10 Å². The van der Waals surface area contributed by atoms with E-state index >= 15 is 0 Å². The van der Waals surface area contributed by atoms with Gasteiger partial charge in [-0.15, -0.1) is 0 Å². The molecule has 0 aliphatic carbocycles. The Labute approximate surface area is 132 Å². The number of nitrogens with two attached hydrogens (primary N) is 1. The van der Waals surface area contributed by atoms with E-state index in [1.165, 1.54) is 0 Å². The van der Waals surface area contributed by atoms with Crippen LogP contribution in [-0.2, 0) is 20.0 Å². The normalized spacial score (nSPS) is 10.8. The van der Waals surface area contributed by atoms with Gasteiger partial charge in [0.2, 0.25) is 0 Å². The Hall–Kier alpha value is -1.20. The average Bonchev–Trinajstić information content (AvgIpc) is 2.66. The van der Waals surface area contributed by atoms with Crippen LogP contribution in [0.2, 0.25) is 5.02 Å². The van der Waals surface area contributed by atoms with Crippen LogP contribution >= 0.6 is 27.5 Å². The first kappa shape index (κ1) is 15.2. The second kappa shape index (κ2) is 6.06. The average molecular weight is 358 g/mol. The summed E-state index contributed by atoms with van der Waals surface area (Å²) in [6.45, 7) is 2.71. The number of hydrogen-bond donors (Lipinski definition) is 1. The Morgan fingerprint density at radius 1 is 1.45 bits per heavy atom. The summed E-state index contributed by atoms with van der Waals surface area (Å²) in [5, 5.41) is 5.18. The molecule has 2 rings (SSSR count). The molecule has 1 aromatic heterocycles.